The second kappa shape index (κ2) is 8.20. The molecule has 0 saturated heterocycles. The first-order valence-corrected chi connectivity index (χ1v) is 8.06. The molecule has 0 amide bonds. The monoisotopic (exact) mass is 288 g/mol. The summed E-state index contributed by atoms with van der Waals surface area (Å²) in [7, 11) is 1.74. The van der Waals surface area contributed by atoms with E-state index >= 15 is 0 Å². The van der Waals surface area contributed by atoms with E-state index < -0.39 is 0 Å². The normalized spacial score (nSPS) is 11.6. The molecule has 0 aliphatic carbocycles. The highest BCUT2D eigenvalue weighted by Crippen LogP contribution is 2.22. The highest BCUT2D eigenvalue weighted by atomic mass is 16.5. The van der Waals surface area contributed by atoms with E-state index in [0.717, 1.165) is 32.2 Å². The van der Waals surface area contributed by atoms with E-state index in [1.165, 1.54) is 29.3 Å². The van der Waals surface area contributed by atoms with E-state index in [4.69, 9.17) is 4.74 Å². The van der Waals surface area contributed by atoms with Gasteiger partial charge in [-0.25, -0.2) is 0 Å². The summed E-state index contributed by atoms with van der Waals surface area (Å²) in [4.78, 5) is 0. The number of rotatable bonds is 9. The molecular weight excluding hydrogens is 260 g/mol. The molecule has 1 N–H and O–H groups in total. The second-order valence-electron chi connectivity index (χ2n) is 5.67. The number of methoxy groups -OCH3 is 1. The number of aromatic nitrogens is 1. The molecule has 0 saturated carbocycles. The van der Waals surface area contributed by atoms with Gasteiger partial charge in [0.15, 0.2) is 0 Å². The summed E-state index contributed by atoms with van der Waals surface area (Å²) in [5.41, 5.74) is 2.72. The van der Waals surface area contributed by atoms with Crippen LogP contribution in [0, 0.1) is 5.92 Å². The van der Waals surface area contributed by atoms with E-state index in [-0.39, 0.29) is 0 Å². The molecule has 1 aromatic carbocycles. The topological polar surface area (TPSA) is 26.2 Å². The fourth-order valence-electron chi connectivity index (χ4n) is 2.82. The molecule has 3 nitrogen and oxygen atoms in total. The maximum atomic E-state index is 5.07. The molecule has 1 heterocycles. The van der Waals surface area contributed by atoms with Crippen LogP contribution in [0.5, 0.6) is 0 Å². The molecule has 2 aromatic rings. The Labute approximate surface area is 128 Å². The van der Waals surface area contributed by atoms with Crippen molar-refractivity contribution in [3.8, 4) is 0 Å². The minimum atomic E-state index is 0.756. The molecule has 0 unspecified atom stereocenters. The van der Waals surface area contributed by atoms with Crippen molar-refractivity contribution in [2.24, 2.45) is 5.92 Å². The van der Waals surface area contributed by atoms with Gasteiger partial charge >= 0.3 is 0 Å². The highest BCUT2D eigenvalue weighted by Gasteiger charge is 2.09. The molecule has 2 rings (SSSR count). The zero-order chi connectivity index (χ0) is 15.1. The standard InChI is InChI=1S/C18H28N2O/c1-4-15(5-2)14-20-11-9-17-16(7-6-8-18(17)20)13-19-10-12-21-3/h6-9,11,15,19H,4-5,10,12-14H2,1-3H3. The summed E-state index contributed by atoms with van der Waals surface area (Å²) in [6, 6.07) is 8.87. The summed E-state index contributed by atoms with van der Waals surface area (Å²) in [5.74, 6) is 0.768. The Morgan fingerprint density at radius 3 is 2.71 bits per heavy atom. The van der Waals surface area contributed by atoms with Gasteiger partial charge < -0.3 is 14.6 Å². The Hall–Kier alpha value is -1.32. The van der Waals surface area contributed by atoms with Gasteiger partial charge in [0.1, 0.15) is 0 Å². The number of benzene rings is 1. The van der Waals surface area contributed by atoms with Crippen molar-refractivity contribution < 1.29 is 4.74 Å². The summed E-state index contributed by atoms with van der Waals surface area (Å²) in [6.45, 7) is 8.23. The lowest BCUT2D eigenvalue weighted by molar-refractivity contribution is 0.199. The van der Waals surface area contributed by atoms with E-state index in [0.29, 0.717) is 0 Å². The molecule has 116 valence electrons. The molecule has 21 heavy (non-hydrogen) atoms. The van der Waals surface area contributed by atoms with Crippen LogP contribution in [0.3, 0.4) is 0 Å². The maximum absolute atomic E-state index is 5.07. The average molecular weight is 288 g/mol. The maximum Gasteiger partial charge on any atom is 0.0587 e. The fourth-order valence-corrected chi connectivity index (χ4v) is 2.82. The zero-order valence-corrected chi connectivity index (χ0v) is 13.6. The third-order valence-electron chi connectivity index (χ3n) is 4.31. The third kappa shape index (κ3) is 4.08. The lowest BCUT2D eigenvalue weighted by Gasteiger charge is -2.14. The largest absolute Gasteiger partial charge is 0.383 e. The van der Waals surface area contributed by atoms with Crippen LogP contribution < -0.4 is 5.32 Å². The minimum absolute atomic E-state index is 0.756. The first kappa shape index (κ1) is 16.1. The average Bonchev–Trinajstić information content (AvgIpc) is 2.93. The predicted octanol–water partition coefficient (Wildman–Crippen LogP) is 3.81. The first-order valence-electron chi connectivity index (χ1n) is 8.06. The number of hydrogen-bond donors (Lipinski definition) is 1. The second-order valence-corrected chi connectivity index (χ2v) is 5.67. The lowest BCUT2D eigenvalue weighted by atomic mass is 10.0. The minimum Gasteiger partial charge on any atom is -0.383 e. The number of ether oxygens (including phenoxy) is 1. The Bertz CT molecular complexity index is 543. The Morgan fingerprint density at radius 1 is 1.19 bits per heavy atom. The van der Waals surface area contributed by atoms with Crippen molar-refractivity contribution in [1.29, 1.82) is 0 Å². The number of nitrogens with zero attached hydrogens (tertiary/aromatic N) is 1. The van der Waals surface area contributed by atoms with Crippen LogP contribution in [0.15, 0.2) is 30.5 Å². The molecule has 0 atom stereocenters. The molecule has 1 aromatic heterocycles. The first-order chi connectivity index (χ1) is 10.3. The van der Waals surface area contributed by atoms with Crippen molar-refractivity contribution in [3.63, 3.8) is 0 Å². The number of nitrogens with one attached hydrogen (secondary N) is 1. The quantitative estimate of drug-likeness (QED) is 0.710. The van der Waals surface area contributed by atoms with Crippen LogP contribution in [0.4, 0.5) is 0 Å². The smallest absolute Gasteiger partial charge is 0.0587 e. The van der Waals surface area contributed by atoms with Crippen LogP contribution in [0.25, 0.3) is 10.9 Å². The molecule has 0 radical (unpaired) electrons. The van der Waals surface area contributed by atoms with Crippen molar-refractivity contribution in [2.75, 3.05) is 20.3 Å². The molecule has 0 bridgehead atoms. The van der Waals surface area contributed by atoms with E-state index in [1.807, 2.05) is 0 Å². The molecule has 0 fully saturated rings. The Kier molecular flexibility index (Phi) is 6.27. The van der Waals surface area contributed by atoms with Gasteiger partial charge in [-0.3, -0.25) is 0 Å². The van der Waals surface area contributed by atoms with Crippen LogP contribution in [0.1, 0.15) is 32.3 Å². The Morgan fingerprint density at radius 2 is 2.00 bits per heavy atom. The van der Waals surface area contributed by atoms with Gasteiger partial charge in [0.2, 0.25) is 0 Å². The van der Waals surface area contributed by atoms with Gasteiger partial charge in [-0.2, -0.15) is 0 Å². The van der Waals surface area contributed by atoms with E-state index in [1.54, 1.807) is 7.11 Å². The lowest BCUT2D eigenvalue weighted by Crippen LogP contribution is -2.18. The molecule has 0 aliphatic heterocycles. The van der Waals surface area contributed by atoms with Crippen LogP contribution in [-0.2, 0) is 17.8 Å². The zero-order valence-electron chi connectivity index (χ0n) is 13.6. The van der Waals surface area contributed by atoms with Crippen LogP contribution >= 0.6 is 0 Å². The summed E-state index contributed by atoms with van der Waals surface area (Å²) >= 11 is 0. The van der Waals surface area contributed by atoms with Gasteiger partial charge in [0, 0.05) is 43.8 Å². The predicted molar refractivity (Wildman–Crippen MR) is 89.6 cm³/mol. The van der Waals surface area contributed by atoms with Crippen LogP contribution in [0.2, 0.25) is 0 Å². The highest BCUT2D eigenvalue weighted by molar-refractivity contribution is 5.83. The number of hydrogen-bond acceptors (Lipinski definition) is 2. The molecular formula is C18H28N2O. The third-order valence-corrected chi connectivity index (χ3v) is 4.31. The van der Waals surface area contributed by atoms with E-state index in [2.05, 4.69) is 54.2 Å². The SMILES string of the molecule is CCC(CC)Cn1ccc2c(CNCCOC)cccc21. The molecule has 0 aliphatic rings. The fraction of sp³-hybridized carbons (Fsp3) is 0.556. The van der Waals surface area contributed by atoms with Gasteiger partial charge in [-0.15, -0.1) is 0 Å². The van der Waals surface area contributed by atoms with Crippen molar-refractivity contribution >= 4 is 10.9 Å². The van der Waals surface area contributed by atoms with Crippen LogP contribution in [-0.4, -0.2) is 24.8 Å². The van der Waals surface area contributed by atoms with Gasteiger partial charge in [-0.05, 0) is 23.6 Å². The van der Waals surface area contributed by atoms with Gasteiger partial charge in [0.25, 0.3) is 0 Å². The summed E-state index contributed by atoms with van der Waals surface area (Å²) < 4.78 is 7.48. The summed E-state index contributed by atoms with van der Waals surface area (Å²) in [6.07, 6.45) is 4.73. The van der Waals surface area contributed by atoms with Crippen molar-refractivity contribution in [1.82, 2.24) is 9.88 Å². The summed E-state index contributed by atoms with van der Waals surface area (Å²) in [5, 5.41) is 4.80. The van der Waals surface area contributed by atoms with Crippen molar-refractivity contribution in [2.45, 2.75) is 39.8 Å². The van der Waals surface area contributed by atoms with E-state index in [9.17, 15) is 0 Å². The van der Waals surface area contributed by atoms with Gasteiger partial charge in [-0.1, -0.05) is 38.8 Å². The van der Waals surface area contributed by atoms with Crippen molar-refractivity contribution in [3.05, 3.63) is 36.0 Å². The molecule has 0 spiro atoms. The van der Waals surface area contributed by atoms with Gasteiger partial charge in [0.05, 0.1) is 6.61 Å². The Balaban J connectivity index is 2.13. The molecule has 3 heteroatoms. The number of fused-ring (bicyclic) bond motifs is 1.